The lowest BCUT2D eigenvalue weighted by Crippen LogP contribution is -2.13. The number of hydrogen-bond acceptors (Lipinski definition) is 5. The number of fused-ring (bicyclic) bond motifs is 1. The van der Waals surface area contributed by atoms with Gasteiger partial charge in [-0.2, -0.15) is 5.10 Å². The van der Waals surface area contributed by atoms with E-state index in [-0.39, 0.29) is 5.91 Å². The average molecular weight is 373 g/mol. The number of nitrogens with zero attached hydrogens (tertiary/aromatic N) is 4. The van der Waals surface area contributed by atoms with Crippen LogP contribution in [0.2, 0.25) is 0 Å². The summed E-state index contributed by atoms with van der Waals surface area (Å²) in [6.45, 7) is 2.74. The Balaban J connectivity index is 1.62. The van der Waals surface area contributed by atoms with E-state index >= 15 is 0 Å². The van der Waals surface area contributed by atoms with Crippen molar-refractivity contribution < 1.29 is 9.32 Å². The third-order valence-corrected chi connectivity index (χ3v) is 4.97. The number of nitrogens with one attached hydrogen (secondary N) is 1. The molecular formula is C21H19N5O2. The molecule has 4 aromatic rings. The molecule has 0 aliphatic heterocycles. The second-order valence-corrected chi connectivity index (χ2v) is 6.99. The maximum atomic E-state index is 13.2. The normalized spacial score (nSPS) is 13.8. The summed E-state index contributed by atoms with van der Waals surface area (Å²) < 4.78 is 7.29. The first-order valence-electron chi connectivity index (χ1n) is 9.42. The lowest BCUT2D eigenvalue weighted by molar-refractivity contribution is 0.102. The van der Waals surface area contributed by atoms with E-state index in [1.54, 1.807) is 10.9 Å². The second-order valence-electron chi connectivity index (χ2n) is 6.99. The van der Waals surface area contributed by atoms with Crippen molar-refractivity contribution in [3.8, 4) is 11.3 Å². The third-order valence-electron chi connectivity index (χ3n) is 4.97. The van der Waals surface area contributed by atoms with E-state index in [4.69, 9.17) is 4.52 Å². The summed E-state index contributed by atoms with van der Waals surface area (Å²) in [5, 5.41) is 12.0. The van der Waals surface area contributed by atoms with Crippen molar-refractivity contribution >= 4 is 22.7 Å². The van der Waals surface area contributed by atoms with E-state index in [2.05, 4.69) is 20.6 Å². The Morgan fingerprint density at radius 2 is 2.11 bits per heavy atom. The average Bonchev–Trinajstić information content (AvgIpc) is 3.34. The minimum absolute atomic E-state index is 0.217. The Kier molecular flexibility index (Phi) is 3.93. The molecule has 1 aliphatic rings. The topological polar surface area (TPSA) is 85.8 Å². The van der Waals surface area contributed by atoms with E-state index in [0.29, 0.717) is 34.0 Å². The summed E-state index contributed by atoms with van der Waals surface area (Å²) >= 11 is 0. The SMILES string of the molecule is CCn1cc(NC(=O)c2cc(C3CC3)nc3onc(-c4ccccc4)c23)cn1. The molecule has 1 N–H and O–H groups in total. The van der Waals surface area contributed by atoms with Crippen LogP contribution >= 0.6 is 0 Å². The van der Waals surface area contributed by atoms with Gasteiger partial charge in [-0.15, -0.1) is 0 Å². The van der Waals surface area contributed by atoms with Crippen LogP contribution < -0.4 is 5.32 Å². The number of carbonyl (C=O) groups excluding carboxylic acids is 1. The molecular weight excluding hydrogens is 354 g/mol. The largest absolute Gasteiger partial charge is 0.335 e. The van der Waals surface area contributed by atoms with Crippen LogP contribution in [0.15, 0.2) is 53.3 Å². The van der Waals surface area contributed by atoms with E-state index < -0.39 is 0 Å². The first kappa shape index (κ1) is 16.7. The fourth-order valence-corrected chi connectivity index (χ4v) is 3.33. The molecule has 28 heavy (non-hydrogen) atoms. The van der Waals surface area contributed by atoms with Gasteiger partial charge in [-0.05, 0) is 25.8 Å². The first-order valence-corrected chi connectivity index (χ1v) is 9.42. The van der Waals surface area contributed by atoms with Gasteiger partial charge in [-0.1, -0.05) is 35.5 Å². The minimum atomic E-state index is -0.217. The molecule has 0 atom stereocenters. The van der Waals surface area contributed by atoms with Crippen LogP contribution in [0.25, 0.3) is 22.4 Å². The number of aromatic nitrogens is 4. The fraction of sp³-hybridized carbons (Fsp3) is 0.238. The van der Waals surface area contributed by atoms with Crippen LogP contribution in [0, 0.1) is 0 Å². The third kappa shape index (κ3) is 2.94. The van der Waals surface area contributed by atoms with Crippen LogP contribution in [0.1, 0.15) is 41.7 Å². The number of aryl methyl sites for hydroxylation is 1. The minimum Gasteiger partial charge on any atom is -0.335 e. The van der Waals surface area contributed by atoms with Gasteiger partial charge in [0.2, 0.25) is 0 Å². The van der Waals surface area contributed by atoms with Crippen LogP contribution in [0.4, 0.5) is 5.69 Å². The summed E-state index contributed by atoms with van der Waals surface area (Å²) in [6, 6.07) is 11.6. The maximum absolute atomic E-state index is 13.2. The molecule has 3 aromatic heterocycles. The number of hydrogen-bond donors (Lipinski definition) is 1. The standard InChI is InChI=1S/C21H19N5O2/c1-2-26-12-15(11-22-26)23-20(27)16-10-17(13-8-9-13)24-21-18(16)19(25-28-21)14-6-4-3-5-7-14/h3-7,10-13H,2,8-9H2,1H3,(H,23,27). The highest BCUT2D eigenvalue weighted by molar-refractivity contribution is 6.14. The van der Waals surface area contributed by atoms with E-state index in [1.165, 1.54) is 0 Å². The molecule has 7 heteroatoms. The Labute approximate surface area is 161 Å². The molecule has 0 unspecified atom stereocenters. The van der Waals surface area contributed by atoms with Crippen LogP contribution in [0.3, 0.4) is 0 Å². The van der Waals surface area contributed by atoms with Gasteiger partial charge in [0.25, 0.3) is 11.6 Å². The maximum Gasteiger partial charge on any atom is 0.259 e. The molecule has 1 fully saturated rings. The number of rotatable bonds is 5. The molecule has 0 saturated heterocycles. The zero-order valence-electron chi connectivity index (χ0n) is 15.4. The molecule has 3 heterocycles. The van der Waals surface area contributed by atoms with Crippen molar-refractivity contribution in [3.63, 3.8) is 0 Å². The van der Waals surface area contributed by atoms with Gasteiger partial charge in [0.05, 0.1) is 22.8 Å². The van der Waals surface area contributed by atoms with Crippen LogP contribution in [-0.2, 0) is 6.54 Å². The molecule has 0 radical (unpaired) electrons. The predicted molar refractivity (Wildman–Crippen MR) is 105 cm³/mol. The zero-order valence-corrected chi connectivity index (χ0v) is 15.4. The molecule has 1 aliphatic carbocycles. The van der Waals surface area contributed by atoms with Gasteiger partial charge in [-0.3, -0.25) is 9.48 Å². The van der Waals surface area contributed by atoms with Crippen LogP contribution in [-0.4, -0.2) is 25.8 Å². The van der Waals surface area contributed by atoms with Gasteiger partial charge >= 0.3 is 0 Å². The molecule has 7 nitrogen and oxygen atoms in total. The lowest BCUT2D eigenvalue weighted by atomic mass is 10.0. The number of carbonyl (C=O) groups is 1. The highest BCUT2D eigenvalue weighted by Crippen LogP contribution is 2.41. The van der Waals surface area contributed by atoms with Gasteiger partial charge in [0.1, 0.15) is 5.69 Å². The monoisotopic (exact) mass is 373 g/mol. The molecule has 0 bridgehead atoms. The van der Waals surface area contributed by atoms with Crippen molar-refractivity contribution in [1.82, 2.24) is 19.9 Å². The summed E-state index contributed by atoms with van der Waals surface area (Å²) in [7, 11) is 0. The van der Waals surface area contributed by atoms with Gasteiger partial charge in [0, 0.05) is 29.9 Å². The first-order chi connectivity index (χ1) is 13.7. The number of amides is 1. The molecule has 0 spiro atoms. The molecule has 5 rings (SSSR count). The highest BCUT2D eigenvalue weighted by Gasteiger charge is 2.29. The molecule has 1 amide bonds. The quantitative estimate of drug-likeness (QED) is 0.566. The summed E-state index contributed by atoms with van der Waals surface area (Å²) in [6.07, 6.45) is 5.63. The summed E-state index contributed by atoms with van der Waals surface area (Å²) in [5.41, 5.74) is 3.98. The lowest BCUT2D eigenvalue weighted by Gasteiger charge is -2.07. The Morgan fingerprint density at radius 1 is 1.29 bits per heavy atom. The number of anilines is 1. The molecule has 140 valence electrons. The number of benzene rings is 1. The Bertz CT molecular complexity index is 1160. The van der Waals surface area contributed by atoms with Crippen molar-refractivity contribution in [2.75, 3.05) is 5.32 Å². The van der Waals surface area contributed by atoms with E-state index in [9.17, 15) is 4.79 Å². The highest BCUT2D eigenvalue weighted by atomic mass is 16.5. The zero-order chi connectivity index (χ0) is 19.1. The van der Waals surface area contributed by atoms with Gasteiger partial charge in [-0.25, -0.2) is 4.98 Å². The summed E-state index contributed by atoms with van der Waals surface area (Å²) in [5.74, 6) is 0.175. The number of pyridine rings is 1. The predicted octanol–water partition coefficient (Wildman–Crippen LogP) is 4.24. The van der Waals surface area contributed by atoms with Gasteiger partial charge in [0.15, 0.2) is 0 Å². The van der Waals surface area contributed by atoms with Gasteiger partial charge < -0.3 is 9.84 Å². The van der Waals surface area contributed by atoms with Crippen molar-refractivity contribution in [3.05, 3.63) is 60.0 Å². The second kappa shape index (κ2) is 6.60. The Hall–Kier alpha value is -3.48. The van der Waals surface area contributed by atoms with Crippen molar-refractivity contribution in [1.29, 1.82) is 0 Å². The Morgan fingerprint density at radius 3 is 2.82 bits per heavy atom. The summed E-state index contributed by atoms with van der Waals surface area (Å²) in [4.78, 5) is 17.8. The fourth-order valence-electron chi connectivity index (χ4n) is 3.33. The molecule has 1 aromatic carbocycles. The van der Waals surface area contributed by atoms with Crippen molar-refractivity contribution in [2.45, 2.75) is 32.2 Å². The van der Waals surface area contributed by atoms with E-state index in [1.807, 2.05) is 49.5 Å². The molecule has 1 saturated carbocycles. The van der Waals surface area contributed by atoms with E-state index in [0.717, 1.165) is 30.6 Å². The smallest absolute Gasteiger partial charge is 0.259 e. The van der Waals surface area contributed by atoms with Crippen molar-refractivity contribution in [2.24, 2.45) is 0 Å². The van der Waals surface area contributed by atoms with Crippen LogP contribution in [0.5, 0.6) is 0 Å².